The molecule has 0 spiro atoms. The molecular formula is C18H15N3O4S. The monoisotopic (exact) mass is 369 g/mol. The van der Waals surface area contributed by atoms with E-state index in [-0.39, 0.29) is 5.82 Å². The van der Waals surface area contributed by atoms with Gasteiger partial charge in [-0.05, 0) is 12.1 Å². The Morgan fingerprint density at radius 1 is 1.04 bits per heavy atom. The van der Waals surface area contributed by atoms with Crippen LogP contribution in [0.5, 0.6) is 0 Å². The first-order valence-electron chi connectivity index (χ1n) is 7.82. The number of aliphatic carboxylic acids is 1. The molecule has 1 N–H and O–H groups in total. The van der Waals surface area contributed by atoms with E-state index in [0.29, 0.717) is 29.3 Å². The predicted octanol–water partition coefficient (Wildman–Crippen LogP) is 2.71. The van der Waals surface area contributed by atoms with Crippen LogP contribution in [0.25, 0.3) is 0 Å². The standard InChI is InChI=1S/C18H15N3O4S/c22-18(23)15(21(24)25)16-19(14-9-5-2-6-10-14)11-12-20(16)17(26)13-7-3-1-4-8-13/h1-10H,11-12H2,(H,22,23). The molecule has 7 nitrogen and oxygen atoms in total. The number of para-hydroxylation sites is 1. The molecule has 1 aliphatic heterocycles. The summed E-state index contributed by atoms with van der Waals surface area (Å²) in [4.78, 5) is 25.7. The van der Waals surface area contributed by atoms with Crippen molar-refractivity contribution >= 4 is 28.9 Å². The van der Waals surface area contributed by atoms with E-state index in [1.165, 1.54) is 4.90 Å². The van der Waals surface area contributed by atoms with Gasteiger partial charge in [0.1, 0.15) is 4.99 Å². The number of hydrogen-bond acceptors (Lipinski definition) is 5. The van der Waals surface area contributed by atoms with Gasteiger partial charge in [-0.1, -0.05) is 60.7 Å². The Morgan fingerprint density at radius 3 is 2.15 bits per heavy atom. The number of hydrogen-bond donors (Lipinski definition) is 1. The van der Waals surface area contributed by atoms with Gasteiger partial charge >= 0.3 is 11.7 Å². The number of nitro groups is 1. The third-order valence-corrected chi connectivity index (χ3v) is 4.45. The van der Waals surface area contributed by atoms with Gasteiger partial charge in [0.05, 0.1) is 4.92 Å². The molecule has 1 heterocycles. The van der Waals surface area contributed by atoms with Crippen molar-refractivity contribution in [2.75, 3.05) is 18.0 Å². The summed E-state index contributed by atoms with van der Waals surface area (Å²) in [6.07, 6.45) is 0. The van der Waals surface area contributed by atoms with E-state index in [0.717, 1.165) is 0 Å². The number of carbonyl (C=O) groups is 1. The normalized spacial score (nSPS) is 15.7. The first kappa shape index (κ1) is 17.6. The van der Waals surface area contributed by atoms with Gasteiger partial charge in [0.25, 0.3) is 0 Å². The summed E-state index contributed by atoms with van der Waals surface area (Å²) in [6, 6.07) is 18.0. The molecular weight excluding hydrogens is 354 g/mol. The van der Waals surface area contributed by atoms with E-state index < -0.39 is 16.6 Å². The van der Waals surface area contributed by atoms with Crippen LogP contribution in [0.15, 0.2) is 72.2 Å². The maximum absolute atomic E-state index is 11.6. The highest BCUT2D eigenvalue weighted by Crippen LogP contribution is 2.30. The van der Waals surface area contributed by atoms with Gasteiger partial charge in [-0.25, -0.2) is 4.79 Å². The van der Waals surface area contributed by atoms with Crippen LogP contribution in [-0.4, -0.2) is 39.0 Å². The third kappa shape index (κ3) is 3.27. The minimum Gasteiger partial charge on any atom is -0.473 e. The van der Waals surface area contributed by atoms with E-state index in [4.69, 9.17) is 12.2 Å². The molecule has 0 amide bonds. The lowest BCUT2D eigenvalue weighted by Gasteiger charge is -2.24. The molecule has 2 aromatic carbocycles. The molecule has 0 bridgehead atoms. The maximum Gasteiger partial charge on any atom is 0.411 e. The van der Waals surface area contributed by atoms with Crippen molar-refractivity contribution in [3.63, 3.8) is 0 Å². The Balaban J connectivity index is 2.13. The van der Waals surface area contributed by atoms with E-state index in [9.17, 15) is 20.0 Å². The lowest BCUT2D eigenvalue weighted by atomic mass is 10.2. The van der Waals surface area contributed by atoms with Crippen molar-refractivity contribution in [1.82, 2.24) is 4.90 Å². The third-order valence-electron chi connectivity index (χ3n) is 3.99. The summed E-state index contributed by atoms with van der Waals surface area (Å²) in [5.74, 6) is -1.63. The quantitative estimate of drug-likeness (QED) is 0.384. The van der Waals surface area contributed by atoms with Gasteiger partial charge in [-0.2, -0.15) is 0 Å². The van der Waals surface area contributed by atoms with Gasteiger partial charge in [0.15, 0.2) is 0 Å². The number of thiocarbonyl (C=S) groups is 1. The van der Waals surface area contributed by atoms with Crippen LogP contribution in [0.3, 0.4) is 0 Å². The van der Waals surface area contributed by atoms with Gasteiger partial charge in [-0.15, -0.1) is 0 Å². The van der Waals surface area contributed by atoms with Crippen LogP contribution in [0, 0.1) is 10.1 Å². The highest BCUT2D eigenvalue weighted by Gasteiger charge is 2.40. The summed E-state index contributed by atoms with van der Waals surface area (Å²) in [5, 5.41) is 20.9. The maximum atomic E-state index is 11.6. The molecule has 0 radical (unpaired) electrons. The van der Waals surface area contributed by atoms with Gasteiger partial charge in [-0.3, -0.25) is 10.1 Å². The Morgan fingerprint density at radius 2 is 1.62 bits per heavy atom. The number of anilines is 1. The molecule has 132 valence electrons. The molecule has 3 rings (SSSR count). The second-order valence-corrected chi connectivity index (χ2v) is 5.93. The molecule has 1 fully saturated rings. The lowest BCUT2D eigenvalue weighted by Crippen LogP contribution is -2.33. The van der Waals surface area contributed by atoms with Gasteiger partial charge in [0, 0.05) is 24.3 Å². The zero-order valence-electron chi connectivity index (χ0n) is 13.6. The fourth-order valence-electron chi connectivity index (χ4n) is 2.86. The first-order valence-corrected chi connectivity index (χ1v) is 8.23. The number of nitrogens with zero attached hydrogens (tertiary/aromatic N) is 3. The van der Waals surface area contributed by atoms with E-state index in [1.807, 2.05) is 24.3 Å². The molecule has 8 heteroatoms. The molecule has 0 aromatic heterocycles. The van der Waals surface area contributed by atoms with Crippen LogP contribution in [0.2, 0.25) is 0 Å². The topological polar surface area (TPSA) is 86.9 Å². The SMILES string of the molecule is O=C(O)C(=C1N(C(=S)c2ccccc2)CCN1c1ccccc1)[N+](=O)[O-]. The van der Waals surface area contributed by atoms with Crippen molar-refractivity contribution in [1.29, 1.82) is 0 Å². The molecule has 0 aliphatic carbocycles. The number of benzene rings is 2. The molecule has 26 heavy (non-hydrogen) atoms. The van der Waals surface area contributed by atoms with Crippen LogP contribution >= 0.6 is 12.2 Å². The van der Waals surface area contributed by atoms with Gasteiger partial charge < -0.3 is 14.9 Å². The lowest BCUT2D eigenvalue weighted by molar-refractivity contribution is -0.422. The smallest absolute Gasteiger partial charge is 0.411 e. The molecule has 0 saturated carbocycles. The van der Waals surface area contributed by atoms with Crippen molar-refractivity contribution < 1.29 is 14.8 Å². The van der Waals surface area contributed by atoms with Crippen LogP contribution in [-0.2, 0) is 4.79 Å². The molecule has 2 aromatic rings. The zero-order valence-corrected chi connectivity index (χ0v) is 14.4. The summed E-state index contributed by atoms with van der Waals surface area (Å²) in [6.45, 7) is 0.736. The van der Waals surface area contributed by atoms with Crippen LogP contribution in [0.1, 0.15) is 5.56 Å². The van der Waals surface area contributed by atoms with Crippen molar-refractivity contribution in [2.24, 2.45) is 0 Å². The minimum absolute atomic E-state index is 0.0254. The second-order valence-electron chi connectivity index (χ2n) is 5.54. The Kier molecular flexibility index (Phi) is 4.94. The fourth-order valence-corrected chi connectivity index (χ4v) is 3.18. The van der Waals surface area contributed by atoms with Gasteiger partial charge in [0.2, 0.25) is 5.82 Å². The Bertz CT molecular complexity index is 868. The van der Waals surface area contributed by atoms with Crippen molar-refractivity contribution in [3.8, 4) is 0 Å². The Labute approximate surface area is 154 Å². The van der Waals surface area contributed by atoms with Crippen LogP contribution < -0.4 is 4.90 Å². The highest BCUT2D eigenvalue weighted by atomic mass is 32.1. The molecule has 1 saturated heterocycles. The molecule has 1 aliphatic rings. The Hall–Kier alpha value is -3.26. The van der Waals surface area contributed by atoms with E-state index in [2.05, 4.69) is 0 Å². The largest absolute Gasteiger partial charge is 0.473 e. The van der Waals surface area contributed by atoms with Crippen LogP contribution in [0.4, 0.5) is 5.69 Å². The first-order chi connectivity index (χ1) is 12.5. The van der Waals surface area contributed by atoms with Crippen molar-refractivity contribution in [2.45, 2.75) is 0 Å². The average Bonchev–Trinajstić information content (AvgIpc) is 3.06. The van der Waals surface area contributed by atoms with E-state index in [1.54, 1.807) is 41.3 Å². The summed E-state index contributed by atoms with van der Waals surface area (Å²) in [5.41, 5.74) is 0.467. The number of carboxylic acids is 1. The molecule has 0 unspecified atom stereocenters. The second kappa shape index (κ2) is 7.32. The predicted molar refractivity (Wildman–Crippen MR) is 100 cm³/mol. The number of rotatable bonds is 4. The summed E-state index contributed by atoms with van der Waals surface area (Å²) < 4.78 is 0. The average molecular weight is 369 g/mol. The molecule has 0 atom stereocenters. The number of carboxylic acid groups (broad SMARTS) is 1. The van der Waals surface area contributed by atoms with E-state index >= 15 is 0 Å². The summed E-state index contributed by atoms with van der Waals surface area (Å²) >= 11 is 5.50. The summed E-state index contributed by atoms with van der Waals surface area (Å²) in [7, 11) is 0. The zero-order chi connectivity index (χ0) is 18.7. The highest BCUT2D eigenvalue weighted by molar-refractivity contribution is 7.80. The van der Waals surface area contributed by atoms with Crippen molar-refractivity contribution in [3.05, 3.63) is 87.9 Å². The minimum atomic E-state index is -1.60. The fraction of sp³-hybridized carbons (Fsp3) is 0.111.